The topological polar surface area (TPSA) is 106 Å². The van der Waals surface area contributed by atoms with E-state index in [4.69, 9.17) is 9.47 Å². The predicted molar refractivity (Wildman–Crippen MR) is 91.4 cm³/mol. The fourth-order valence-electron chi connectivity index (χ4n) is 2.26. The summed E-state index contributed by atoms with van der Waals surface area (Å²) in [5.41, 5.74) is 4.91. The zero-order chi connectivity index (χ0) is 18.4. The molecular weight excluding hydrogens is 338 g/mol. The third-order valence-electron chi connectivity index (χ3n) is 3.57. The van der Waals surface area contributed by atoms with Crippen LogP contribution in [0.2, 0.25) is 0 Å². The van der Waals surface area contributed by atoms with E-state index in [2.05, 4.69) is 16.2 Å². The molecule has 0 fully saturated rings. The van der Waals surface area contributed by atoms with E-state index in [1.165, 1.54) is 0 Å². The summed E-state index contributed by atoms with van der Waals surface area (Å²) in [4.78, 5) is 35.6. The Kier molecular flexibility index (Phi) is 5.33. The highest BCUT2D eigenvalue weighted by Gasteiger charge is 2.27. The van der Waals surface area contributed by atoms with Gasteiger partial charge in [-0.25, -0.2) is 0 Å². The molecular formula is C18H17N3O5. The molecule has 2 aromatic rings. The highest BCUT2D eigenvalue weighted by molar-refractivity contribution is 5.96. The SMILES string of the molecule is O=C(CNC(=O)c1ccccc1)NNC(=O)C1COc2ccccc2O1. The average molecular weight is 355 g/mol. The van der Waals surface area contributed by atoms with Crippen LogP contribution in [0.5, 0.6) is 11.5 Å². The monoisotopic (exact) mass is 355 g/mol. The van der Waals surface area contributed by atoms with Crippen molar-refractivity contribution in [3.8, 4) is 11.5 Å². The number of amides is 3. The molecule has 3 rings (SSSR count). The molecule has 0 spiro atoms. The highest BCUT2D eigenvalue weighted by atomic mass is 16.6. The maximum Gasteiger partial charge on any atom is 0.283 e. The van der Waals surface area contributed by atoms with Gasteiger partial charge in [0.15, 0.2) is 11.5 Å². The Morgan fingerprint density at radius 2 is 1.62 bits per heavy atom. The molecule has 1 heterocycles. The first kappa shape index (κ1) is 17.3. The summed E-state index contributed by atoms with van der Waals surface area (Å²) in [6, 6.07) is 15.5. The number of rotatable bonds is 4. The fourth-order valence-corrected chi connectivity index (χ4v) is 2.26. The molecule has 1 aliphatic rings. The Bertz CT molecular complexity index is 809. The number of para-hydroxylation sites is 2. The molecule has 1 aliphatic heterocycles. The van der Waals surface area contributed by atoms with Crippen LogP contribution in [0.1, 0.15) is 10.4 Å². The molecule has 0 saturated carbocycles. The zero-order valence-corrected chi connectivity index (χ0v) is 13.7. The Morgan fingerprint density at radius 1 is 0.923 bits per heavy atom. The summed E-state index contributed by atoms with van der Waals surface area (Å²) in [6.45, 7) is -0.248. The number of fused-ring (bicyclic) bond motifs is 1. The fraction of sp³-hybridized carbons (Fsp3) is 0.167. The quantitative estimate of drug-likeness (QED) is 0.689. The van der Waals surface area contributed by atoms with Crippen molar-refractivity contribution in [3.05, 3.63) is 60.2 Å². The smallest absolute Gasteiger partial charge is 0.283 e. The standard InChI is InChI=1S/C18H17N3O5/c22-16(10-19-17(23)12-6-2-1-3-7-12)20-21-18(24)15-11-25-13-8-4-5-9-14(13)26-15/h1-9,15H,10-11H2,(H,19,23)(H,20,22)(H,21,24). The van der Waals surface area contributed by atoms with E-state index in [0.717, 1.165) is 0 Å². The van der Waals surface area contributed by atoms with Crippen molar-refractivity contribution in [2.24, 2.45) is 0 Å². The van der Waals surface area contributed by atoms with Gasteiger partial charge < -0.3 is 14.8 Å². The van der Waals surface area contributed by atoms with E-state index in [-0.39, 0.29) is 19.1 Å². The molecule has 3 N–H and O–H groups in total. The number of hydrogen-bond donors (Lipinski definition) is 3. The molecule has 134 valence electrons. The van der Waals surface area contributed by atoms with E-state index >= 15 is 0 Å². The van der Waals surface area contributed by atoms with Gasteiger partial charge in [0.25, 0.3) is 17.7 Å². The highest BCUT2D eigenvalue weighted by Crippen LogP contribution is 2.30. The normalized spacial score (nSPS) is 14.8. The lowest BCUT2D eigenvalue weighted by atomic mass is 10.2. The number of benzene rings is 2. The second kappa shape index (κ2) is 8.02. The molecule has 0 radical (unpaired) electrons. The van der Waals surface area contributed by atoms with Crippen molar-refractivity contribution in [3.63, 3.8) is 0 Å². The van der Waals surface area contributed by atoms with Crippen molar-refractivity contribution in [1.29, 1.82) is 0 Å². The van der Waals surface area contributed by atoms with E-state index in [9.17, 15) is 14.4 Å². The summed E-state index contributed by atoms with van der Waals surface area (Å²) in [6.07, 6.45) is -0.885. The van der Waals surface area contributed by atoms with Crippen LogP contribution in [0.3, 0.4) is 0 Å². The second-order valence-electron chi connectivity index (χ2n) is 5.45. The van der Waals surface area contributed by atoms with Gasteiger partial charge in [-0.1, -0.05) is 30.3 Å². The van der Waals surface area contributed by atoms with E-state index in [1.54, 1.807) is 54.6 Å². The first-order valence-corrected chi connectivity index (χ1v) is 7.94. The lowest BCUT2D eigenvalue weighted by molar-refractivity contribution is -0.134. The van der Waals surface area contributed by atoms with Crippen LogP contribution in [0.15, 0.2) is 54.6 Å². The average Bonchev–Trinajstić information content (AvgIpc) is 2.70. The van der Waals surface area contributed by atoms with Crippen LogP contribution in [0.25, 0.3) is 0 Å². The number of hydrazine groups is 1. The number of nitrogens with one attached hydrogen (secondary N) is 3. The van der Waals surface area contributed by atoms with Crippen LogP contribution in [-0.4, -0.2) is 37.0 Å². The number of carbonyl (C=O) groups excluding carboxylic acids is 3. The zero-order valence-electron chi connectivity index (χ0n) is 13.7. The molecule has 26 heavy (non-hydrogen) atoms. The van der Waals surface area contributed by atoms with Gasteiger partial charge in [-0.05, 0) is 24.3 Å². The van der Waals surface area contributed by atoms with Gasteiger partial charge in [0.05, 0.1) is 6.54 Å². The summed E-state index contributed by atoms with van der Waals surface area (Å²) < 4.78 is 11.0. The summed E-state index contributed by atoms with van der Waals surface area (Å²) in [5, 5.41) is 2.46. The maximum absolute atomic E-state index is 12.1. The van der Waals surface area contributed by atoms with Gasteiger partial charge in [-0.3, -0.25) is 25.2 Å². The summed E-state index contributed by atoms with van der Waals surface area (Å²) in [7, 11) is 0. The lowest BCUT2D eigenvalue weighted by Gasteiger charge is -2.25. The Balaban J connectivity index is 1.42. The largest absolute Gasteiger partial charge is 0.485 e. The molecule has 3 amide bonds. The maximum atomic E-state index is 12.1. The van der Waals surface area contributed by atoms with Crippen LogP contribution in [-0.2, 0) is 9.59 Å². The first-order chi connectivity index (χ1) is 12.6. The third kappa shape index (κ3) is 4.29. The van der Waals surface area contributed by atoms with Crippen molar-refractivity contribution in [2.75, 3.05) is 13.2 Å². The van der Waals surface area contributed by atoms with Crippen LogP contribution in [0.4, 0.5) is 0 Å². The van der Waals surface area contributed by atoms with Gasteiger partial charge in [0.1, 0.15) is 6.61 Å². The number of ether oxygens (including phenoxy) is 2. The van der Waals surface area contributed by atoms with Gasteiger partial charge in [-0.15, -0.1) is 0 Å². The predicted octanol–water partition coefficient (Wildman–Crippen LogP) is 0.404. The Hall–Kier alpha value is -3.55. The number of carbonyl (C=O) groups is 3. The van der Waals surface area contributed by atoms with Crippen molar-refractivity contribution >= 4 is 17.7 Å². The van der Waals surface area contributed by atoms with Crippen LogP contribution < -0.4 is 25.6 Å². The van der Waals surface area contributed by atoms with Gasteiger partial charge in [-0.2, -0.15) is 0 Å². The summed E-state index contributed by atoms with van der Waals surface area (Å²) >= 11 is 0. The number of hydrogen-bond acceptors (Lipinski definition) is 5. The van der Waals surface area contributed by atoms with Crippen LogP contribution >= 0.6 is 0 Å². The summed E-state index contributed by atoms with van der Waals surface area (Å²) in [5.74, 6) is -0.487. The second-order valence-corrected chi connectivity index (χ2v) is 5.45. The molecule has 8 heteroatoms. The van der Waals surface area contributed by atoms with E-state index < -0.39 is 17.9 Å². The van der Waals surface area contributed by atoms with E-state index in [0.29, 0.717) is 17.1 Å². The molecule has 0 bridgehead atoms. The van der Waals surface area contributed by atoms with Crippen molar-refractivity contribution in [1.82, 2.24) is 16.2 Å². The molecule has 8 nitrogen and oxygen atoms in total. The molecule has 0 saturated heterocycles. The van der Waals surface area contributed by atoms with Crippen molar-refractivity contribution < 1.29 is 23.9 Å². The van der Waals surface area contributed by atoms with Gasteiger partial charge in [0.2, 0.25) is 6.10 Å². The minimum atomic E-state index is -0.885. The lowest BCUT2D eigenvalue weighted by Crippen LogP contribution is -2.52. The van der Waals surface area contributed by atoms with Crippen molar-refractivity contribution in [2.45, 2.75) is 6.10 Å². The molecule has 1 atom stereocenters. The van der Waals surface area contributed by atoms with Gasteiger partial charge in [0, 0.05) is 5.56 Å². The molecule has 1 unspecified atom stereocenters. The molecule has 2 aromatic carbocycles. The Morgan fingerprint density at radius 3 is 2.38 bits per heavy atom. The minimum Gasteiger partial charge on any atom is -0.485 e. The van der Waals surface area contributed by atoms with Crippen LogP contribution in [0, 0.1) is 0 Å². The molecule has 0 aromatic heterocycles. The molecule has 0 aliphatic carbocycles. The minimum absolute atomic E-state index is 0.0312. The first-order valence-electron chi connectivity index (χ1n) is 7.94. The van der Waals surface area contributed by atoms with Gasteiger partial charge >= 0.3 is 0 Å². The third-order valence-corrected chi connectivity index (χ3v) is 3.57. The Labute approximate surface area is 149 Å². The van der Waals surface area contributed by atoms with E-state index in [1.807, 2.05) is 0 Å².